The van der Waals surface area contributed by atoms with Crippen LogP contribution in [-0.2, 0) is 11.6 Å². The van der Waals surface area contributed by atoms with E-state index >= 15 is 0 Å². The largest absolute Gasteiger partial charge is 0.416 e. The fourth-order valence-corrected chi connectivity index (χ4v) is 2.15. The average Bonchev–Trinajstić information content (AvgIpc) is 2.97. The molecule has 0 amide bonds. The van der Waals surface area contributed by atoms with Gasteiger partial charge in [0.1, 0.15) is 0 Å². The molecule has 0 heterocycles. The minimum Gasteiger partial charge on any atom is -0.166 e. The van der Waals surface area contributed by atoms with E-state index in [1.54, 1.807) is 6.07 Å². The highest BCUT2D eigenvalue weighted by molar-refractivity contribution is 5.41. The van der Waals surface area contributed by atoms with Crippen LogP contribution in [0.1, 0.15) is 56.2 Å². The first kappa shape index (κ1) is 12.5. The van der Waals surface area contributed by atoms with Crippen molar-refractivity contribution in [1.82, 2.24) is 0 Å². The van der Waals surface area contributed by atoms with E-state index in [9.17, 15) is 13.2 Å². The first-order valence-corrected chi connectivity index (χ1v) is 5.91. The lowest BCUT2D eigenvalue weighted by molar-refractivity contribution is -0.137. The van der Waals surface area contributed by atoms with Crippen molar-refractivity contribution in [1.29, 1.82) is 0 Å². The van der Waals surface area contributed by atoms with Crippen molar-refractivity contribution >= 4 is 0 Å². The van der Waals surface area contributed by atoms with Crippen LogP contribution in [-0.4, -0.2) is 0 Å². The van der Waals surface area contributed by atoms with Crippen LogP contribution in [0.3, 0.4) is 0 Å². The van der Waals surface area contributed by atoms with Crippen molar-refractivity contribution in [3.63, 3.8) is 0 Å². The number of benzene rings is 1. The Kier molecular flexibility index (Phi) is 2.75. The van der Waals surface area contributed by atoms with Crippen molar-refractivity contribution < 1.29 is 13.2 Å². The molecule has 17 heavy (non-hydrogen) atoms. The lowest BCUT2D eigenvalue weighted by atomic mass is 9.81. The molecule has 0 atom stereocenters. The van der Waals surface area contributed by atoms with E-state index in [0.29, 0.717) is 5.92 Å². The fourth-order valence-electron chi connectivity index (χ4n) is 2.15. The smallest absolute Gasteiger partial charge is 0.166 e. The molecule has 0 saturated heterocycles. The molecular formula is C14H17F3. The minimum absolute atomic E-state index is 0.0952. The third-order valence-corrected chi connectivity index (χ3v) is 3.20. The highest BCUT2D eigenvalue weighted by Gasteiger charge is 2.35. The summed E-state index contributed by atoms with van der Waals surface area (Å²) in [5.74, 6) is 0.339. The monoisotopic (exact) mass is 242 g/mol. The molecule has 1 aliphatic rings. The van der Waals surface area contributed by atoms with Gasteiger partial charge >= 0.3 is 6.18 Å². The second kappa shape index (κ2) is 3.76. The van der Waals surface area contributed by atoms with Crippen molar-refractivity contribution in [2.45, 2.75) is 51.1 Å². The molecule has 0 radical (unpaired) electrons. The standard InChI is InChI=1S/C14H17F3/c1-13(2,3)12-7-6-10(14(15,16)17)8-11(12)9-4-5-9/h6-9H,4-5H2,1-3H3. The molecule has 1 aliphatic carbocycles. The Morgan fingerprint density at radius 2 is 1.65 bits per heavy atom. The van der Waals surface area contributed by atoms with E-state index in [1.807, 2.05) is 20.8 Å². The molecule has 0 bridgehead atoms. The molecule has 2 rings (SSSR count). The van der Waals surface area contributed by atoms with Gasteiger partial charge < -0.3 is 0 Å². The lowest BCUT2D eigenvalue weighted by Crippen LogP contribution is -2.15. The first-order chi connectivity index (χ1) is 7.69. The molecule has 94 valence electrons. The van der Waals surface area contributed by atoms with Crippen LogP contribution in [0, 0.1) is 0 Å². The second-order valence-corrected chi connectivity index (χ2v) is 5.82. The number of rotatable bonds is 1. The number of hydrogen-bond donors (Lipinski definition) is 0. The Bertz CT molecular complexity index is 420. The molecule has 1 saturated carbocycles. The first-order valence-electron chi connectivity index (χ1n) is 5.91. The summed E-state index contributed by atoms with van der Waals surface area (Å²) in [7, 11) is 0. The van der Waals surface area contributed by atoms with Gasteiger partial charge in [-0.05, 0) is 47.4 Å². The van der Waals surface area contributed by atoms with E-state index < -0.39 is 11.7 Å². The van der Waals surface area contributed by atoms with Crippen LogP contribution in [0.4, 0.5) is 13.2 Å². The molecule has 0 unspecified atom stereocenters. The van der Waals surface area contributed by atoms with Gasteiger partial charge in [0.25, 0.3) is 0 Å². The van der Waals surface area contributed by atoms with Crippen molar-refractivity contribution in [2.75, 3.05) is 0 Å². The van der Waals surface area contributed by atoms with E-state index in [0.717, 1.165) is 24.0 Å². The highest BCUT2D eigenvalue weighted by Crippen LogP contribution is 2.46. The van der Waals surface area contributed by atoms with Crippen LogP contribution in [0.2, 0.25) is 0 Å². The summed E-state index contributed by atoms with van der Waals surface area (Å²) in [5.41, 5.74) is 1.33. The molecule has 0 N–H and O–H groups in total. The van der Waals surface area contributed by atoms with Crippen LogP contribution < -0.4 is 0 Å². The number of halogens is 3. The normalized spacial score (nSPS) is 17.3. The summed E-state index contributed by atoms with van der Waals surface area (Å²) in [6.45, 7) is 6.13. The summed E-state index contributed by atoms with van der Waals surface area (Å²) in [5, 5.41) is 0. The number of alkyl halides is 3. The maximum absolute atomic E-state index is 12.7. The van der Waals surface area contributed by atoms with Gasteiger partial charge in [-0.25, -0.2) is 0 Å². The zero-order valence-electron chi connectivity index (χ0n) is 10.4. The zero-order chi connectivity index (χ0) is 12.8. The maximum atomic E-state index is 12.7. The van der Waals surface area contributed by atoms with E-state index in [1.165, 1.54) is 12.1 Å². The third-order valence-electron chi connectivity index (χ3n) is 3.20. The van der Waals surface area contributed by atoms with Gasteiger partial charge in [0.05, 0.1) is 5.56 Å². The highest BCUT2D eigenvalue weighted by atomic mass is 19.4. The summed E-state index contributed by atoms with van der Waals surface area (Å²) in [4.78, 5) is 0. The summed E-state index contributed by atoms with van der Waals surface area (Å²) in [6.07, 6.45) is -2.20. The van der Waals surface area contributed by atoms with Gasteiger partial charge in [0, 0.05) is 0 Å². The Morgan fingerprint density at radius 3 is 2.06 bits per heavy atom. The predicted octanol–water partition coefficient (Wildman–Crippen LogP) is 4.88. The van der Waals surface area contributed by atoms with Crippen molar-refractivity contribution in [3.8, 4) is 0 Å². The minimum atomic E-state index is -4.24. The van der Waals surface area contributed by atoms with Crippen molar-refractivity contribution in [3.05, 3.63) is 34.9 Å². The Morgan fingerprint density at radius 1 is 1.06 bits per heavy atom. The summed E-state index contributed by atoms with van der Waals surface area (Å²) < 4.78 is 38.0. The van der Waals surface area contributed by atoms with Gasteiger partial charge in [-0.2, -0.15) is 13.2 Å². The Balaban J connectivity index is 2.49. The van der Waals surface area contributed by atoms with Gasteiger partial charge in [-0.15, -0.1) is 0 Å². The molecule has 0 aliphatic heterocycles. The molecule has 1 fully saturated rings. The average molecular weight is 242 g/mol. The SMILES string of the molecule is CC(C)(C)c1ccc(C(F)(F)F)cc1C1CC1. The summed E-state index contributed by atoms with van der Waals surface area (Å²) in [6, 6.07) is 4.20. The lowest BCUT2D eigenvalue weighted by Gasteiger charge is -2.24. The van der Waals surface area contributed by atoms with Gasteiger partial charge in [-0.3, -0.25) is 0 Å². The van der Waals surface area contributed by atoms with Crippen LogP contribution >= 0.6 is 0 Å². The molecular weight excluding hydrogens is 225 g/mol. The number of hydrogen-bond acceptors (Lipinski definition) is 0. The van der Waals surface area contributed by atoms with E-state index in [4.69, 9.17) is 0 Å². The van der Waals surface area contributed by atoms with Crippen LogP contribution in [0.25, 0.3) is 0 Å². The maximum Gasteiger partial charge on any atom is 0.416 e. The second-order valence-electron chi connectivity index (χ2n) is 5.82. The molecule has 0 nitrogen and oxygen atoms in total. The molecule has 0 aromatic heterocycles. The topological polar surface area (TPSA) is 0 Å². The zero-order valence-corrected chi connectivity index (χ0v) is 10.4. The van der Waals surface area contributed by atoms with Gasteiger partial charge in [0.15, 0.2) is 0 Å². The molecule has 1 aromatic carbocycles. The predicted molar refractivity (Wildman–Crippen MR) is 62.1 cm³/mol. The van der Waals surface area contributed by atoms with Crippen LogP contribution in [0.15, 0.2) is 18.2 Å². The summed E-state index contributed by atoms with van der Waals surface area (Å²) >= 11 is 0. The molecule has 3 heteroatoms. The van der Waals surface area contributed by atoms with Crippen molar-refractivity contribution in [2.24, 2.45) is 0 Å². The van der Waals surface area contributed by atoms with E-state index in [-0.39, 0.29) is 5.41 Å². The Hall–Kier alpha value is -0.990. The van der Waals surface area contributed by atoms with E-state index in [2.05, 4.69) is 0 Å². The van der Waals surface area contributed by atoms with Gasteiger partial charge in [-0.1, -0.05) is 26.8 Å². The third kappa shape index (κ3) is 2.64. The van der Waals surface area contributed by atoms with Gasteiger partial charge in [0.2, 0.25) is 0 Å². The van der Waals surface area contributed by atoms with Crippen LogP contribution in [0.5, 0.6) is 0 Å². The molecule has 0 spiro atoms. The Labute approximate surface area is 99.8 Å². The fraction of sp³-hybridized carbons (Fsp3) is 0.571. The quantitative estimate of drug-likeness (QED) is 0.658. The molecule has 1 aromatic rings.